The van der Waals surface area contributed by atoms with Gasteiger partial charge in [0.1, 0.15) is 0 Å². The topological polar surface area (TPSA) is 87.5 Å². The monoisotopic (exact) mass is 456 g/mol. The highest BCUT2D eigenvalue weighted by molar-refractivity contribution is 6.30. The summed E-state index contributed by atoms with van der Waals surface area (Å²) in [6, 6.07) is 14.2. The summed E-state index contributed by atoms with van der Waals surface area (Å²) < 4.78 is 1.36. The minimum atomic E-state index is -0.495. The van der Waals surface area contributed by atoms with E-state index in [1.807, 2.05) is 12.1 Å². The lowest BCUT2D eigenvalue weighted by Gasteiger charge is -2.23. The van der Waals surface area contributed by atoms with Gasteiger partial charge in [-0.3, -0.25) is 19.5 Å². The molecule has 1 aliphatic heterocycles. The van der Waals surface area contributed by atoms with Crippen LogP contribution in [-0.4, -0.2) is 32.8 Å². The molecule has 0 spiro atoms. The first-order valence-electron chi connectivity index (χ1n) is 10.5. The third kappa shape index (κ3) is 2.82. The molecule has 0 radical (unpaired) electrons. The SMILES string of the molecule is Cc1[nH]n(-c2ccc(Cl)cc2)c(=O)c1/C=N/N1C(=O)c2ccc3c4c(ccc(c24)C1=O)CC3. The number of halogens is 1. The number of carbonyl (C=O) groups excluding carboxylic acids is 2. The van der Waals surface area contributed by atoms with E-state index in [-0.39, 0.29) is 11.1 Å². The summed E-state index contributed by atoms with van der Waals surface area (Å²) in [5.74, 6) is -0.990. The van der Waals surface area contributed by atoms with Crippen LogP contribution in [0.5, 0.6) is 0 Å². The summed E-state index contributed by atoms with van der Waals surface area (Å²) in [4.78, 5) is 39.4. The number of rotatable bonds is 3. The van der Waals surface area contributed by atoms with Gasteiger partial charge in [-0.05, 0) is 72.7 Å². The Morgan fingerprint density at radius 1 is 0.879 bits per heavy atom. The Bertz CT molecular complexity index is 1540. The lowest BCUT2D eigenvalue weighted by molar-refractivity contribution is 0.0616. The van der Waals surface area contributed by atoms with Crippen molar-refractivity contribution < 1.29 is 9.59 Å². The molecule has 33 heavy (non-hydrogen) atoms. The minimum Gasteiger partial charge on any atom is -0.295 e. The molecule has 2 aliphatic rings. The van der Waals surface area contributed by atoms with Gasteiger partial charge in [0.15, 0.2) is 0 Å². The zero-order valence-corrected chi connectivity index (χ0v) is 18.3. The number of hydrogen-bond acceptors (Lipinski definition) is 4. The maximum atomic E-state index is 13.2. The molecule has 2 heterocycles. The normalized spacial score (nSPS) is 14.8. The van der Waals surface area contributed by atoms with Gasteiger partial charge in [0.2, 0.25) is 0 Å². The number of aromatic amines is 1. The summed E-state index contributed by atoms with van der Waals surface area (Å²) in [5.41, 5.74) is 4.29. The van der Waals surface area contributed by atoms with Crippen molar-refractivity contribution in [3.05, 3.63) is 97.4 Å². The van der Waals surface area contributed by atoms with Crippen LogP contribution in [0.15, 0.2) is 58.4 Å². The predicted octanol–water partition coefficient (Wildman–Crippen LogP) is 4.01. The van der Waals surface area contributed by atoms with Crippen LogP contribution in [-0.2, 0) is 12.8 Å². The molecule has 162 valence electrons. The van der Waals surface area contributed by atoms with Crippen molar-refractivity contribution in [2.75, 3.05) is 0 Å². The maximum absolute atomic E-state index is 13.2. The Morgan fingerprint density at radius 2 is 1.48 bits per heavy atom. The number of benzene rings is 3. The molecule has 7 nitrogen and oxygen atoms in total. The number of hydrazone groups is 1. The highest BCUT2D eigenvalue weighted by atomic mass is 35.5. The zero-order chi connectivity index (χ0) is 22.9. The number of aryl methyl sites for hydroxylation is 3. The third-order valence-corrected chi connectivity index (χ3v) is 6.60. The van der Waals surface area contributed by atoms with Crippen LogP contribution in [0.2, 0.25) is 5.02 Å². The van der Waals surface area contributed by atoms with Gasteiger partial charge in [-0.15, -0.1) is 0 Å². The lowest BCUT2D eigenvalue weighted by atomic mass is 9.92. The van der Waals surface area contributed by atoms with Crippen molar-refractivity contribution in [2.24, 2.45) is 5.10 Å². The average molecular weight is 457 g/mol. The Labute approximate surface area is 192 Å². The van der Waals surface area contributed by atoms with E-state index in [2.05, 4.69) is 10.2 Å². The molecule has 0 saturated heterocycles. The second kappa shape index (κ2) is 7.02. The minimum absolute atomic E-state index is 0.255. The van der Waals surface area contributed by atoms with E-state index in [4.69, 9.17) is 11.6 Å². The van der Waals surface area contributed by atoms with E-state index in [1.54, 1.807) is 43.3 Å². The van der Waals surface area contributed by atoms with E-state index in [9.17, 15) is 14.4 Å². The number of amides is 2. The van der Waals surface area contributed by atoms with Crippen molar-refractivity contribution in [3.63, 3.8) is 0 Å². The fraction of sp³-hybridized carbons (Fsp3) is 0.120. The molecule has 1 aromatic heterocycles. The molecule has 8 heteroatoms. The molecule has 1 N–H and O–H groups in total. The number of nitrogens with zero attached hydrogens (tertiary/aromatic N) is 3. The van der Waals surface area contributed by atoms with Crippen LogP contribution in [0, 0.1) is 6.92 Å². The number of aromatic nitrogens is 2. The lowest BCUT2D eigenvalue weighted by Crippen LogP contribution is -2.36. The molecular formula is C25H17ClN4O3. The molecule has 0 unspecified atom stereocenters. The molecule has 1 aliphatic carbocycles. The average Bonchev–Trinajstić information content (AvgIpc) is 3.36. The second-order valence-electron chi connectivity index (χ2n) is 8.23. The first-order chi connectivity index (χ1) is 15.9. The van der Waals surface area contributed by atoms with E-state index in [1.165, 1.54) is 10.9 Å². The van der Waals surface area contributed by atoms with E-state index in [0.717, 1.165) is 34.4 Å². The fourth-order valence-electron chi connectivity index (χ4n) is 4.71. The molecule has 0 atom stereocenters. The highest BCUT2D eigenvalue weighted by Gasteiger charge is 2.35. The molecule has 3 aromatic carbocycles. The molecule has 4 aromatic rings. The molecule has 6 rings (SSSR count). The summed E-state index contributed by atoms with van der Waals surface area (Å²) in [7, 11) is 0. The smallest absolute Gasteiger partial charge is 0.282 e. The Hall–Kier alpha value is -3.97. The van der Waals surface area contributed by atoms with Crippen LogP contribution in [0.3, 0.4) is 0 Å². The first kappa shape index (κ1) is 19.7. The highest BCUT2D eigenvalue weighted by Crippen LogP contribution is 2.38. The predicted molar refractivity (Wildman–Crippen MR) is 126 cm³/mol. The van der Waals surface area contributed by atoms with Gasteiger partial charge in [-0.1, -0.05) is 23.7 Å². The Morgan fingerprint density at radius 3 is 2.09 bits per heavy atom. The second-order valence-corrected chi connectivity index (χ2v) is 8.67. The maximum Gasteiger partial charge on any atom is 0.282 e. The third-order valence-electron chi connectivity index (χ3n) is 6.35. The fourth-order valence-corrected chi connectivity index (χ4v) is 4.84. The van der Waals surface area contributed by atoms with Crippen LogP contribution in [0.4, 0.5) is 0 Å². The van der Waals surface area contributed by atoms with E-state index < -0.39 is 11.8 Å². The zero-order valence-electron chi connectivity index (χ0n) is 17.6. The van der Waals surface area contributed by atoms with Gasteiger partial charge in [-0.25, -0.2) is 4.68 Å². The van der Waals surface area contributed by atoms with Gasteiger partial charge in [0.25, 0.3) is 17.4 Å². The van der Waals surface area contributed by atoms with Crippen molar-refractivity contribution >= 4 is 40.4 Å². The Balaban J connectivity index is 1.41. The van der Waals surface area contributed by atoms with Gasteiger partial charge in [0, 0.05) is 16.1 Å². The number of hydrogen-bond donors (Lipinski definition) is 1. The summed E-state index contributed by atoms with van der Waals surface area (Å²) in [6.45, 7) is 1.73. The number of H-pyrrole nitrogens is 1. The van der Waals surface area contributed by atoms with Gasteiger partial charge < -0.3 is 0 Å². The molecule has 0 bridgehead atoms. The van der Waals surface area contributed by atoms with Crippen molar-refractivity contribution in [2.45, 2.75) is 19.8 Å². The van der Waals surface area contributed by atoms with E-state index in [0.29, 0.717) is 32.9 Å². The van der Waals surface area contributed by atoms with Crippen LogP contribution >= 0.6 is 11.6 Å². The standard InChI is InChI=1S/C25H17ClN4O3/c1-13-20(25(33)29(28-13)17-8-6-16(26)7-9-17)12-27-30-23(31)18-10-4-14-2-3-15-5-11-19(24(30)32)22(18)21(14)15/h4-12,28H,2-3H2,1H3/b27-12+. The number of nitrogens with one attached hydrogen (secondary N) is 1. The van der Waals surface area contributed by atoms with Crippen LogP contribution in [0.1, 0.15) is 43.1 Å². The number of imide groups is 1. The van der Waals surface area contributed by atoms with Gasteiger partial charge in [-0.2, -0.15) is 10.1 Å². The molecule has 2 amide bonds. The summed E-state index contributed by atoms with van der Waals surface area (Å²) in [5, 5.41) is 10.3. The number of carbonyl (C=O) groups is 2. The Kier molecular flexibility index (Phi) is 4.19. The molecule has 0 fully saturated rings. The van der Waals surface area contributed by atoms with Crippen molar-refractivity contribution in [1.29, 1.82) is 0 Å². The van der Waals surface area contributed by atoms with Crippen molar-refractivity contribution in [1.82, 2.24) is 14.8 Å². The largest absolute Gasteiger partial charge is 0.295 e. The van der Waals surface area contributed by atoms with Crippen LogP contribution < -0.4 is 5.56 Å². The summed E-state index contributed by atoms with van der Waals surface area (Å²) in [6.07, 6.45) is 3.08. The summed E-state index contributed by atoms with van der Waals surface area (Å²) >= 11 is 5.94. The molecule has 0 saturated carbocycles. The molecular weight excluding hydrogens is 440 g/mol. The van der Waals surface area contributed by atoms with Crippen LogP contribution in [0.25, 0.3) is 16.5 Å². The van der Waals surface area contributed by atoms with Gasteiger partial charge in [0.05, 0.1) is 28.6 Å². The quantitative estimate of drug-likeness (QED) is 0.373. The van der Waals surface area contributed by atoms with Crippen molar-refractivity contribution in [3.8, 4) is 5.69 Å². The first-order valence-corrected chi connectivity index (χ1v) is 10.9. The van der Waals surface area contributed by atoms with Gasteiger partial charge >= 0.3 is 0 Å². The van der Waals surface area contributed by atoms with E-state index >= 15 is 0 Å².